The second kappa shape index (κ2) is 14.8. The summed E-state index contributed by atoms with van der Waals surface area (Å²) in [4.78, 5) is 35.5. The molecule has 0 saturated carbocycles. The van der Waals surface area contributed by atoms with Crippen LogP contribution in [0.15, 0.2) is 48.5 Å². The number of hydrogen-bond donors (Lipinski definition) is 3. The SMILES string of the molecule is CC(C)COc1ccc(CNC(=O)N(Cc2ccc(F)cc2)C2CCN(C)CC2)cc1.O=C(O)C(=O)O. The Morgan fingerprint density at radius 1 is 1.00 bits per heavy atom. The van der Waals surface area contributed by atoms with Crippen molar-refractivity contribution in [3.8, 4) is 5.75 Å². The van der Waals surface area contributed by atoms with E-state index in [4.69, 9.17) is 24.5 Å². The zero-order valence-electron chi connectivity index (χ0n) is 21.5. The van der Waals surface area contributed by atoms with Gasteiger partial charge in [-0.15, -0.1) is 0 Å². The van der Waals surface area contributed by atoms with E-state index in [-0.39, 0.29) is 17.9 Å². The van der Waals surface area contributed by atoms with E-state index in [1.165, 1.54) is 12.1 Å². The summed E-state index contributed by atoms with van der Waals surface area (Å²) < 4.78 is 19.0. The maximum atomic E-state index is 13.3. The highest BCUT2D eigenvalue weighted by Gasteiger charge is 2.27. The number of carbonyl (C=O) groups is 3. The molecule has 3 N–H and O–H groups in total. The number of likely N-dealkylation sites (tertiary alicyclic amines) is 1. The number of aliphatic carboxylic acids is 2. The van der Waals surface area contributed by atoms with Gasteiger partial charge in [-0.1, -0.05) is 38.1 Å². The van der Waals surface area contributed by atoms with Crippen LogP contribution >= 0.6 is 0 Å². The van der Waals surface area contributed by atoms with Gasteiger partial charge in [0.2, 0.25) is 0 Å². The summed E-state index contributed by atoms with van der Waals surface area (Å²) in [6.07, 6.45) is 1.88. The van der Waals surface area contributed by atoms with Crippen molar-refractivity contribution in [2.24, 2.45) is 5.92 Å². The first kappa shape index (κ1) is 29.6. The Bertz CT molecular complexity index is 994. The van der Waals surface area contributed by atoms with Gasteiger partial charge in [-0.25, -0.2) is 18.8 Å². The van der Waals surface area contributed by atoms with E-state index >= 15 is 0 Å². The molecular formula is C27H36FN3O6. The molecule has 37 heavy (non-hydrogen) atoms. The molecule has 0 radical (unpaired) electrons. The van der Waals surface area contributed by atoms with Gasteiger partial charge in [-0.05, 0) is 74.3 Å². The molecule has 1 aliphatic heterocycles. The lowest BCUT2D eigenvalue weighted by molar-refractivity contribution is -0.159. The first-order chi connectivity index (χ1) is 17.5. The zero-order valence-corrected chi connectivity index (χ0v) is 21.5. The van der Waals surface area contributed by atoms with Crippen LogP contribution in [-0.2, 0) is 22.7 Å². The molecule has 202 valence electrons. The van der Waals surface area contributed by atoms with E-state index in [9.17, 15) is 9.18 Å². The minimum Gasteiger partial charge on any atom is -0.493 e. The third-order valence-corrected chi connectivity index (χ3v) is 5.79. The molecule has 0 aliphatic carbocycles. The number of ether oxygens (including phenoxy) is 1. The van der Waals surface area contributed by atoms with Crippen molar-refractivity contribution in [1.29, 1.82) is 0 Å². The Morgan fingerprint density at radius 2 is 1.54 bits per heavy atom. The fourth-order valence-corrected chi connectivity index (χ4v) is 3.71. The second-order valence-electron chi connectivity index (χ2n) is 9.41. The van der Waals surface area contributed by atoms with Crippen molar-refractivity contribution in [1.82, 2.24) is 15.1 Å². The third-order valence-electron chi connectivity index (χ3n) is 5.79. The predicted molar refractivity (Wildman–Crippen MR) is 137 cm³/mol. The normalized spacial score (nSPS) is 13.9. The highest BCUT2D eigenvalue weighted by Crippen LogP contribution is 2.19. The maximum Gasteiger partial charge on any atom is 0.414 e. The molecule has 1 heterocycles. The van der Waals surface area contributed by atoms with E-state index in [0.717, 1.165) is 42.8 Å². The quantitative estimate of drug-likeness (QED) is 0.456. The number of carboxylic acid groups (broad SMARTS) is 2. The van der Waals surface area contributed by atoms with Crippen molar-refractivity contribution in [3.63, 3.8) is 0 Å². The summed E-state index contributed by atoms with van der Waals surface area (Å²) >= 11 is 0. The molecule has 0 spiro atoms. The minimum atomic E-state index is -1.82. The molecule has 0 unspecified atom stereocenters. The van der Waals surface area contributed by atoms with Crippen molar-refractivity contribution in [2.75, 3.05) is 26.7 Å². The molecule has 1 aliphatic rings. The molecule has 0 bridgehead atoms. The molecule has 1 fully saturated rings. The molecule has 0 atom stereocenters. The number of halogens is 1. The lowest BCUT2D eigenvalue weighted by Crippen LogP contribution is -2.49. The lowest BCUT2D eigenvalue weighted by Gasteiger charge is -2.37. The number of amides is 2. The highest BCUT2D eigenvalue weighted by atomic mass is 19.1. The van der Waals surface area contributed by atoms with Crippen LogP contribution in [-0.4, -0.2) is 70.8 Å². The van der Waals surface area contributed by atoms with Gasteiger partial charge in [-0.2, -0.15) is 0 Å². The van der Waals surface area contributed by atoms with Crippen molar-refractivity contribution >= 4 is 18.0 Å². The Balaban J connectivity index is 0.000000717. The molecular weight excluding hydrogens is 481 g/mol. The molecule has 10 heteroatoms. The average Bonchev–Trinajstić information content (AvgIpc) is 2.87. The molecule has 2 aromatic rings. The maximum absolute atomic E-state index is 13.3. The Kier molecular flexibility index (Phi) is 11.8. The van der Waals surface area contributed by atoms with Gasteiger partial charge in [0.05, 0.1) is 6.61 Å². The summed E-state index contributed by atoms with van der Waals surface area (Å²) in [5, 5.41) is 17.8. The van der Waals surface area contributed by atoms with Gasteiger partial charge in [-0.3, -0.25) is 0 Å². The van der Waals surface area contributed by atoms with Gasteiger partial charge in [0.1, 0.15) is 11.6 Å². The summed E-state index contributed by atoms with van der Waals surface area (Å²) in [7, 11) is 2.11. The first-order valence-electron chi connectivity index (χ1n) is 12.2. The Hall–Kier alpha value is -3.66. The number of rotatable bonds is 8. The largest absolute Gasteiger partial charge is 0.493 e. The van der Waals surface area contributed by atoms with E-state index in [1.807, 2.05) is 29.2 Å². The second-order valence-corrected chi connectivity index (χ2v) is 9.41. The Labute approximate surface area is 216 Å². The van der Waals surface area contributed by atoms with Crippen LogP contribution in [0.4, 0.5) is 9.18 Å². The van der Waals surface area contributed by atoms with Crippen LogP contribution in [0.1, 0.15) is 37.8 Å². The van der Waals surface area contributed by atoms with Crippen LogP contribution in [0.25, 0.3) is 0 Å². The first-order valence-corrected chi connectivity index (χ1v) is 12.2. The van der Waals surface area contributed by atoms with Crippen LogP contribution < -0.4 is 10.1 Å². The standard InChI is InChI=1S/C25H34FN3O2.C2H2O4/c1-19(2)18-31-24-10-6-20(7-11-24)16-27-25(30)29(23-12-14-28(3)15-13-23)17-21-4-8-22(26)9-5-21;3-1(4)2(5)6/h4-11,19,23H,12-18H2,1-3H3,(H,27,30);(H,3,4)(H,5,6). The van der Waals surface area contributed by atoms with Gasteiger partial charge < -0.3 is 30.1 Å². The summed E-state index contributed by atoms with van der Waals surface area (Å²) in [6.45, 7) is 7.78. The zero-order chi connectivity index (χ0) is 27.4. The number of nitrogens with zero attached hydrogens (tertiary/aromatic N) is 2. The summed E-state index contributed by atoms with van der Waals surface area (Å²) in [5.41, 5.74) is 1.96. The molecule has 2 aromatic carbocycles. The van der Waals surface area contributed by atoms with Gasteiger partial charge in [0.25, 0.3) is 0 Å². The average molecular weight is 518 g/mol. The minimum absolute atomic E-state index is 0.0842. The fourth-order valence-electron chi connectivity index (χ4n) is 3.71. The summed E-state index contributed by atoms with van der Waals surface area (Å²) in [5.74, 6) is -2.59. The summed E-state index contributed by atoms with van der Waals surface area (Å²) in [6, 6.07) is 14.3. The van der Waals surface area contributed by atoms with E-state index in [2.05, 4.69) is 31.1 Å². The topological polar surface area (TPSA) is 119 Å². The van der Waals surface area contributed by atoms with E-state index in [1.54, 1.807) is 12.1 Å². The number of carbonyl (C=O) groups excluding carboxylic acids is 1. The van der Waals surface area contributed by atoms with Crippen LogP contribution in [0.3, 0.4) is 0 Å². The number of nitrogens with one attached hydrogen (secondary N) is 1. The van der Waals surface area contributed by atoms with Crippen molar-refractivity contribution < 1.29 is 33.7 Å². The van der Waals surface area contributed by atoms with Crippen LogP contribution in [0.2, 0.25) is 0 Å². The fraction of sp³-hybridized carbons (Fsp3) is 0.444. The highest BCUT2D eigenvalue weighted by molar-refractivity contribution is 6.27. The number of carboxylic acids is 2. The molecule has 9 nitrogen and oxygen atoms in total. The van der Waals surface area contributed by atoms with Crippen molar-refractivity contribution in [3.05, 3.63) is 65.5 Å². The van der Waals surface area contributed by atoms with Gasteiger partial charge >= 0.3 is 18.0 Å². The number of hydrogen-bond acceptors (Lipinski definition) is 5. The lowest BCUT2D eigenvalue weighted by atomic mass is 10.0. The third kappa shape index (κ3) is 10.9. The van der Waals surface area contributed by atoms with Crippen LogP contribution in [0.5, 0.6) is 5.75 Å². The predicted octanol–water partition coefficient (Wildman–Crippen LogP) is 3.82. The number of urea groups is 1. The van der Waals surface area contributed by atoms with Gasteiger partial charge in [0.15, 0.2) is 0 Å². The molecule has 2 amide bonds. The van der Waals surface area contributed by atoms with Crippen molar-refractivity contribution in [2.45, 2.75) is 45.8 Å². The molecule has 1 saturated heterocycles. The number of piperidine rings is 1. The van der Waals surface area contributed by atoms with E-state index < -0.39 is 11.9 Å². The molecule has 0 aromatic heterocycles. The van der Waals surface area contributed by atoms with Gasteiger partial charge in [0, 0.05) is 19.1 Å². The smallest absolute Gasteiger partial charge is 0.414 e. The van der Waals surface area contributed by atoms with Crippen LogP contribution in [0, 0.1) is 11.7 Å². The Morgan fingerprint density at radius 3 is 2.05 bits per heavy atom. The molecule has 3 rings (SSSR count). The monoisotopic (exact) mass is 517 g/mol. The number of benzene rings is 2. The van der Waals surface area contributed by atoms with E-state index in [0.29, 0.717) is 25.6 Å².